The number of nitrogens with one attached hydrogen (secondary N) is 1. The van der Waals surface area contributed by atoms with Crippen LogP contribution in [-0.4, -0.2) is 13.1 Å². The fourth-order valence-electron chi connectivity index (χ4n) is 3.12. The highest BCUT2D eigenvalue weighted by atomic mass is 79.9. The molecule has 1 aliphatic heterocycles. The smallest absolute Gasteiger partial charge is 0.123 e. The molecule has 0 amide bonds. The molecule has 1 aliphatic rings. The predicted octanol–water partition coefficient (Wildman–Crippen LogP) is 4.59. The summed E-state index contributed by atoms with van der Waals surface area (Å²) < 4.78 is 28.0. The molecule has 0 aromatic heterocycles. The second-order valence-corrected chi connectivity index (χ2v) is 6.28. The zero-order chi connectivity index (χ0) is 14.8. The lowest BCUT2D eigenvalue weighted by Crippen LogP contribution is -2.34. The zero-order valence-electron chi connectivity index (χ0n) is 11.5. The molecule has 3 rings (SSSR count). The Bertz CT molecular complexity index is 644. The number of rotatable bonds is 2. The summed E-state index contributed by atoms with van der Waals surface area (Å²) in [4.78, 5) is 0. The molecule has 4 heteroatoms. The van der Waals surface area contributed by atoms with Crippen molar-refractivity contribution in [2.24, 2.45) is 0 Å². The molecule has 2 atom stereocenters. The quantitative estimate of drug-likeness (QED) is 0.834. The van der Waals surface area contributed by atoms with Crippen LogP contribution < -0.4 is 5.32 Å². The summed E-state index contributed by atoms with van der Waals surface area (Å²) in [5.74, 6) is -0.134. The highest BCUT2D eigenvalue weighted by molar-refractivity contribution is 9.10. The minimum Gasteiger partial charge on any atom is -0.316 e. The monoisotopic (exact) mass is 351 g/mol. The largest absolute Gasteiger partial charge is 0.316 e. The van der Waals surface area contributed by atoms with Gasteiger partial charge in [-0.3, -0.25) is 0 Å². The van der Waals surface area contributed by atoms with E-state index in [0.29, 0.717) is 0 Å². The maximum Gasteiger partial charge on any atom is 0.123 e. The molecule has 1 nitrogen and oxygen atoms in total. The van der Waals surface area contributed by atoms with Crippen LogP contribution in [0.4, 0.5) is 8.78 Å². The van der Waals surface area contributed by atoms with Crippen molar-refractivity contribution in [1.82, 2.24) is 5.32 Å². The number of hydrogen-bond acceptors (Lipinski definition) is 1. The van der Waals surface area contributed by atoms with Crippen LogP contribution >= 0.6 is 15.9 Å². The molecule has 21 heavy (non-hydrogen) atoms. The van der Waals surface area contributed by atoms with Crippen molar-refractivity contribution in [3.8, 4) is 0 Å². The standard InChI is InChI=1S/C17H16BrF2N/c18-17-5-4-13(20)9-15(17)14-6-7-21-10-16(14)11-2-1-3-12(19)8-11/h1-5,8-9,14,16,21H,6-7,10H2. The van der Waals surface area contributed by atoms with Crippen molar-refractivity contribution in [1.29, 1.82) is 0 Å². The third-order valence-corrected chi connectivity index (χ3v) is 4.84. The molecule has 2 aromatic rings. The molecule has 2 aromatic carbocycles. The van der Waals surface area contributed by atoms with Crippen molar-refractivity contribution in [2.45, 2.75) is 18.3 Å². The van der Waals surface area contributed by atoms with Crippen LogP contribution in [0.15, 0.2) is 46.9 Å². The van der Waals surface area contributed by atoms with Crippen molar-refractivity contribution in [3.05, 3.63) is 69.7 Å². The van der Waals surface area contributed by atoms with Gasteiger partial charge in [-0.25, -0.2) is 8.78 Å². The minimum absolute atomic E-state index is 0.146. The van der Waals surface area contributed by atoms with Crippen LogP contribution in [0.1, 0.15) is 29.4 Å². The van der Waals surface area contributed by atoms with Gasteiger partial charge < -0.3 is 5.32 Å². The van der Waals surface area contributed by atoms with Crippen molar-refractivity contribution in [3.63, 3.8) is 0 Å². The first-order chi connectivity index (χ1) is 10.1. The number of piperidine rings is 1. The van der Waals surface area contributed by atoms with E-state index in [9.17, 15) is 8.78 Å². The maximum absolute atomic E-state index is 13.6. The van der Waals surface area contributed by atoms with Crippen LogP contribution in [0.25, 0.3) is 0 Å². The van der Waals surface area contributed by atoms with Gasteiger partial charge in [0, 0.05) is 16.9 Å². The van der Waals surface area contributed by atoms with E-state index in [1.807, 2.05) is 6.07 Å². The Hall–Kier alpha value is -1.26. The molecule has 110 valence electrons. The van der Waals surface area contributed by atoms with Gasteiger partial charge in [0.2, 0.25) is 0 Å². The van der Waals surface area contributed by atoms with Crippen LogP contribution in [0.2, 0.25) is 0 Å². The summed E-state index contributed by atoms with van der Waals surface area (Å²) >= 11 is 3.52. The summed E-state index contributed by atoms with van der Waals surface area (Å²) in [5, 5.41) is 3.36. The Morgan fingerprint density at radius 3 is 2.62 bits per heavy atom. The SMILES string of the molecule is Fc1cccc(C2CNCCC2c2cc(F)ccc2Br)c1. The number of benzene rings is 2. The summed E-state index contributed by atoms with van der Waals surface area (Å²) in [6, 6.07) is 11.5. The van der Waals surface area contributed by atoms with E-state index in [0.717, 1.165) is 35.1 Å². The lowest BCUT2D eigenvalue weighted by molar-refractivity contribution is 0.401. The molecule has 1 saturated heterocycles. The third kappa shape index (κ3) is 3.16. The topological polar surface area (TPSA) is 12.0 Å². The molecule has 1 N–H and O–H groups in total. The van der Waals surface area contributed by atoms with E-state index in [1.54, 1.807) is 24.3 Å². The molecular formula is C17H16BrF2N. The second kappa shape index (κ2) is 6.24. The number of halogens is 3. The van der Waals surface area contributed by atoms with E-state index in [1.165, 1.54) is 12.1 Å². The highest BCUT2D eigenvalue weighted by Crippen LogP contribution is 2.40. The lowest BCUT2D eigenvalue weighted by Gasteiger charge is -2.33. The van der Waals surface area contributed by atoms with Gasteiger partial charge in [0.05, 0.1) is 0 Å². The molecule has 0 spiro atoms. The first-order valence-corrected chi connectivity index (χ1v) is 7.85. The Labute approximate surface area is 131 Å². The second-order valence-electron chi connectivity index (χ2n) is 5.43. The van der Waals surface area contributed by atoms with E-state index in [-0.39, 0.29) is 23.5 Å². The Kier molecular flexibility index (Phi) is 4.36. The maximum atomic E-state index is 13.6. The summed E-state index contributed by atoms with van der Waals surface area (Å²) in [6.07, 6.45) is 0.906. The molecule has 0 aliphatic carbocycles. The van der Waals surface area contributed by atoms with E-state index in [4.69, 9.17) is 0 Å². The average molecular weight is 352 g/mol. The highest BCUT2D eigenvalue weighted by Gasteiger charge is 2.29. The first-order valence-electron chi connectivity index (χ1n) is 7.06. The van der Waals surface area contributed by atoms with E-state index < -0.39 is 0 Å². The molecule has 1 fully saturated rings. The van der Waals surface area contributed by atoms with Crippen LogP contribution in [0.3, 0.4) is 0 Å². The average Bonchev–Trinajstić information content (AvgIpc) is 2.50. The Balaban J connectivity index is 2.00. The third-order valence-electron chi connectivity index (χ3n) is 4.12. The van der Waals surface area contributed by atoms with Crippen molar-refractivity contribution >= 4 is 15.9 Å². The Morgan fingerprint density at radius 2 is 1.81 bits per heavy atom. The van der Waals surface area contributed by atoms with Gasteiger partial charge in [0.1, 0.15) is 11.6 Å². The van der Waals surface area contributed by atoms with Gasteiger partial charge in [0.25, 0.3) is 0 Å². The minimum atomic E-state index is -0.232. The molecule has 0 radical (unpaired) electrons. The van der Waals surface area contributed by atoms with Gasteiger partial charge >= 0.3 is 0 Å². The molecule has 2 unspecified atom stereocenters. The van der Waals surface area contributed by atoms with Gasteiger partial charge in [0.15, 0.2) is 0 Å². The van der Waals surface area contributed by atoms with Crippen LogP contribution in [0.5, 0.6) is 0 Å². The molecule has 0 bridgehead atoms. The Morgan fingerprint density at radius 1 is 1.00 bits per heavy atom. The van der Waals surface area contributed by atoms with Gasteiger partial charge in [-0.15, -0.1) is 0 Å². The van der Waals surface area contributed by atoms with E-state index in [2.05, 4.69) is 21.2 Å². The van der Waals surface area contributed by atoms with Crippen LogP contribution in [0, 0.1) is 11.6 Å². The fourth-order valence-corrected chi connectivity index (χ4v) is 3.66. The summed E-state index contributed by atoms with van der Waals surface area (Å²) in [5.41, 5.74) is 1.93. The first kappa shape index (κ1) is 14.7. The molecular weight excluding hydrogens is 336 g/mol. The molecule has 1 heterocycles. The van der Waals surface area contributed by atoms with Gasteiger partial charge in [-0.1, -0.05) is 28.1 Å². The fraction of sp³-hybridized carbons (Fsp3) is 0.294. The zero-order valence-corrected chi connectivity index (χ0v) is 13.0. The molecule has 0 saturated carbocycles. The van der Waals surface area contributed by atoms with Crippen molar-refractivity contribution < 1.29 is 8.78 Å². The van der Waals surface area contributed by atoms with Crippen molar-refractivity contribution in [2.75, 3.05) is 13.1 Å². The normalized spacial score (nSPS) is 22.2. The van der Waals surface area contributed by atoms with Gasteiger partial charge in [-0.2, -0.15) is 0 Å². The van der Waals surface area contributed by atoms with E-state index >= 15 is 0 Å². The summed E-state index contributed by atoms with van der Waals surface area (Å²) in [6.45, 7) is 1.66. The lowest BCUT2D eigenvalue weighted by atomic mass is 9.77. The van der Waals surface area contributed by atoms with Gasteiger partial charge in [-0.05, 0) is 60.3 Å². The number of hydrogen-bond donors (Lipinski definition) is 1. The summed E-state index contributed by atoms with van der Waals surface area (Å²) in [7, 11) is 0. The van der Waals surface area contributed by atoms with Crippen LogP contribution in [-0.2, 0) is 0 Å². The predicted molar refractivity (Wildman–Crippen MR) is 83.5 cm³/mol.